The Labute approximate surface area is 155 Å². The van der Waals surface area contributed by atoms with E-state index in [-0.39, 0.29) is 30.3 Å². The van der Waals surface area contributed by atoms with Crippen LogP contribution >= 0.6 is 0 Å². The Hall–Kier alpha value is -2.08. The van der Waals surface area contributed by atoms with Gasteiger partial charge < -0.3 is 14.6 Å². The lowest BCUT2D eigenvalue weighted by atomic mass is 10.0. The van der Waals surface area contributed by atoms with Gasteiger partial charge in [0.15, 0.2) is 0 Å². The highest BCUT2D eigenvalue weighted by Gasteiger charge is 2.37. The molecule has 2 aliphatic heterocycles. The Kier molecular flexibility index (Phi) is 5.81. The molecule has 2 atom stereocenters. The molecule has 1 N–H and O–H groups in total. The molecule has 0 unspecified atom stereocenters. The lowest BCUT2D eigenvalue weighted by Gasteiger charge is -2.21. The summed E-state index contributed by atoms with van der Waals surface area (Å²) >= 11 is 0. The van der Waals surface area contributed by atoms with Crippen molar-refractivity contribution in [1.82, 2.24) is 15.1 Å². The third kappa shape index (κ3) is 4.36. The molecule has 3 heterocycles. The summed E-state index contributed by atoms with van der Waals surface area (Å²) in [6.45, 7) is 9.48. The van der Waals surface area contributed by atoms with Gasteiger partial charge in [-0.15, -0.1) is 0 Å². The van der Waals surface area contributed by atoms with Crippen LogP contribution in [0.25, 0.3) is 0 Å². The van der Waals surface area contributed by atoms with E-state index in [1.54, 1.807) is 4.90 Å². The fraction of sp³-hybridized carbons (Fsp3) is 0.600. The Morgan fingerprint density at radius 2 is 2.15 bits per heavy atom. The molecule has 2 saturated heterocycles. The summed E-state index contributed by atoms with van der Waals surface area (Å²) in [5, 5.41) is 3.15. The predicted molar refractivity (Wildman–Crippen MR) is 99.8 cm³/mol. The normalized spacial score (nSPS) is 24.5. The molecule has 6 nitrogen and oxygen atoms in total. The van der Waals surface area contributed by atoms with Gasteiger partial charge in [-0.2, -0.15) is 0 Å². The first-order chi connectivity index (χ1) is 12.5. The molecule has 142 valence electrons. The molecule has 0 bridgehead atoms. The molecule has 2 amide bonds. The largest absolute Gasteiger partial charge is 0.466 e. The number of allylic oxidation sites excluding steroid dienone is 1. The number of hydrogen-bond donors (Lipinski definition) is 1. The summed E-state index contributed by atoms with van der Waals surface area (Å²) in [5.74, 6) is 1.94. The molecule has 6 heteroatoms. The van der Waals surface area contributed by atoms with Gasteiger partial charge in [0.1, 0.15) is 11.5 Å². The molecule has 2 fully saturated rings. The second-order valence-corrected chi connectivity index (χ2v) is 7.48. The number of rotatable bonds is 6. The Bertz CT molecular complexity index is 694. The second-order valence-electron chi connectivity index (χ2n) is 7.48. The Morgan fingerprint density at radius 1 is 1.35 bits per heavy atom. The van der Waals surface area contributed by atoms with E-state index in [1.807, 2.05) is 26.0 Å². The molecule has 0 radical (unpaired) electrons. The van der Waals surface area contributed by atoms with E-state index >= 15 is 0 Å². The van der Waals surface area contributed by atoms with Crippen LogP contribution in [0.5, 0.6) is 0 Å². The summed E-state index contributed by atoms with van der Waals surface area (Å²) in [7, 11) is 0. The number of hydrogen-bond acceptors (Lipinski definition) is 4. The van der Waals surface area contributed by atoms with E-state index in [1.165, 1.54) is 5.57 Å². The van der Waals surface area contributed by atoms with E-state index in [4.69, 9.17) is 4.42 Å². The molecule has 0 spiro atoms. The third-order valence-electron chi connectivity index (χ3n) is 5.34. The number of aryl methyl sites for hydroxylation is 1. The zero-order chi connectivity index (χ0) is 18.7. The fourth-order valence-corrected chi connectivity index (χ4v) is 3.84. The quantitative estimate of drug-likeness (QED) is 0.790. The molecule has 0 aromatic carbocycles. The molecule has 1 aromatic rings. The number of amides is 2. The fourth-order valence-electron chi connectivity index (χ4n) is 3.84. The van der Waals surface area contributed by atoms with Crippen molar-refractivity contribution in [2.75, 3.05) is 32.7 Å². The zero-order valence-corrected chi connectivity index (χ0v) is 16.0. The standard InChI is InChI=1S/C20H29N3O3/c1-4-14(2)10-22-11-16(18-8-7-15(3)26-18)17(12-22)21-19(24)13-23-9-5-6-20(23)25/h4,7-8,16-17H,5-6,9-13H2,1-3H3,(H,21,24)/t16-,17-/m0/s1. The van der Waals surface area contributed by atoms with E-state index < -0.39 is 0 Å². The maximum absolute atomic E-state index is 12.5. The van der Waals surface area contributed by atoms with Crippen LogP contribution in [0.2, 0.25) is 0 Å². The first-order valence-corrected chi connectivity index (χ1v) is 9.44. The monoisotopic (exact) mass is 359 g/mol. The van der Waals surface area contributed by atoms with Gasteiger partial charge in [0.25, 0.3) is 0 Å². The minimum absolute atomic E-state index is 0.00425. The van der Waals surface area contributed by atoms with E-state index in [0.717, 1.165) is 37.6 Å². The maximum Gasteiger partial charge on any atom is 0.239 e. The molecular weight excluding hydrogens is 330 g/mol. The minimum atomic E-state index is -0.0804. The number of likely N-dealkylation sites (tertiary alicyclic amines) is 2. The number of furan rings is 1. The van der Waals surface area contributed by atoms with Crippen LogP contribution in [0, 0.1) is 6.92 Å². The van der Waals surface area contributed by atoms with Gasteiger partial charge in [-0.3, -0.25) is 14.5 Å². The molecule has 3 rings (SSSR count). The zero-order valence-electron chi connectivity index (χ0n) is 16.0. The number of nitrogens with zero attached hydrogens (tertiary/aromatic N) is 2. The summed E-state index contributed by atoms with van der Waals surface area (Å²) < 4.78 is 5.85. The van der Waals surface area contributed by atoms with Gasteiger partial charge in [-0.25, -0.2) is 0 Å². The van der Waals surface area contributed by atoms with E-state index in [9.17, 15) is 9.59 Å². The summed E-state index contributed by atoms with van der Waals surface area (Å²) in [5.41, 5.74) is 1.31. The highest BCUT2D eigenvalue weighted by molar-refractivity contribution is 5.86. The maximum atomic E-state index is 12.5. The van der Waals surface area contributed by atoms with Crippen molar-refractivity contribution in [3.8, 4) is 0 Å². The van der Waals surface area contributed by atoms with Crippen molar-refractivity contribution in [3.05, 3.63) is 35.3 Å². The van der Waals surface area contributed by atoms with Gasteiger partial charge in [0.2, 0.25) is 11.8 Å². The minimum Gasteiger partial charge on any atom is -0.466 e. The molecule has 0 aliphatic carbocycles. The SMILES string of the molecule is CC=C(C)CN1C[C@H](NC(=O)CN2CCCC2=O)[C@@H](c2ccc(C)o2)C1. The van der Waals surface area contributed by atoms with Gasteiger partial charge >= 0.3 is 0 Å². The topological polar surface area (TPSA) is 65.8 Å². The summed E-state index contributed by atoms with van der Waals surface area (Å²) in [6, 6.07) is 3.97. The van der Waals surface area contributed by atoms with E-state index in [0.29, 0.717) is 13.0 Å². The van der Waals surface area contributed by atoms with Crippen LogP contribution in [0.4, 0.5) is 0 Å². The van der Waals surface area contributed by atoms with Crippen molar-refractivity contribution in [1.29, 1.82) is 0 Å². The smallest absolute Gasteiger partial charge is 0.239 e. The molecule has 0 saturated carbocycles. The molecule has 1 aromatic heterocycles. The van der Waals surface area contributed by atoms with Crippen LogP contribution < -0.4 is 5.32 Å². The van der Waals surface area contributed by atoms with Gasteiger partial charge in [-0.1, -0.05) is 11.6 Å². The Balaban J connectivity index is 1.67. The lowest BCUT2D eigenvalue weighted by molar-refractivity contribution is -0.133. The lowest BCUT2D eigenvalue weighted by Crippen LogP contribution is -2.45. The second kappa shape index (κ2) is 8.08. The van der Waals surface area contributed by atoms with Gasteiger partial charge in [0, 0.05) is 32.6 Å². The van der Waals surface area contributed by atoms with Crippen LogP contribution in [0.3, 0.4) is 0 Å². The van der Waals surface area contributed by atoms with Gasteiger partial charge in [-0.05, 0) is 39.3 Å². The first-order valence-electron chi connectivity index (χ1n) is 9.44. The van der Waals surface area contributed by atoms with E-state index in [2.05, 4.69) is 23.2 Å². The predicted octanol–water partition coefficient (Wildman–Crippen LogP) is 2.06. The highest BCUT2D eigenvalue weighted by Crippen LogP contribution is 2.29. The first kappa shape index (κ1) is 18.7. The Morgan fingerprint density at radius 3 is 2.77 bits per heavy atom. The molecular formula is C20H29N3O3. The van der Waals surface area contributed by atoms with Crippen LogP contribution in [-0.2, 0) is 9.59 Å². The third-order valence-corrected chi connectivity index (χ3v) is 5.34. The van der Waals surface area contributed by atoms with Crippen LogP contribution in [-0.4, -0.2) is 60.4 Å². The summed E-state index contributed by atoms with van der Waals surface area (Å²) in [6.07, 6.45) is 3.53. The van der Waals surface area contributed by atoms with Crippen molar-refractivity contribution in [3.63, 3.8) is 0 Å². The summed E-state index contributed by atoms with van der Waals surface area (Å²) in [4.78, 5) is 28.3. The van der Waals surface area contributed by atoms with Crippen LogP contribution in [0.1, 0.15) is 44.1 Å². The van der Waals surface area contributed by atoms with Gasteiger partial charge in [0.05, 0.1) is 18.5 Å². The number of nitrogens with one attached hydrogen (secondary N) is 1. The van der Waals surface area contributed by atoms with Crippen LogP contribution in [0.15, 0.2) is 28.2 Å². The van der Waals surface area contributed by atoms with Crippen molar-refractivity contribution >= 4 is 11.8 Å². The van der Waals surface area contributed by atoms with Crippen molar-refractivity contribution in [2.45, 2.75) is 45.6 Å². The average Bonchev–Trinajstić information content (AvgIpc) is 3.29. The van der Waals surface area contributed by atoms with Crippen molar-refractivity contribution in [2.24, 2.45) is 0 Å². The molecule has 26 heavy (non-hydrogen) atoms. The molecule has 2 aliphatic rings. The van der Waals surface area contributed by atoms with Crippen molar-refractivity contribution < 1.29 is 14.0 Å². The highest BCUT2D eigenvalue weighted by atomic mass is 16.3. The number of carbonyl (C=O) groups is 2. The average molecular weight is 359 g/mol. The number of carbonyl (C=O) groups excluding carboxylic acids is 2.